The number of hydrogen-bond donors (Lipinski definition) is 1. The van der Waals surface area contributed by atoms with E-state index < -0.39 is 0 Å². The third-order valence-corrected chi connectivity index (χ3v) is 4.45. The first-order valence-electron chi connectivity index (χ1n) is 8.49. The van der Waals surface area contributed by atoms with E-state index in [9.17, 15) is 9.59 Å². The first-order valence-corrected chi connectivity index (χ1v) is 8.49. The van der Waals surface area contributed by atoms with Crippen LogP contribution in [0.5, 0.6) is 0 Å². The Labute approximate surface area is 140 Å². The van der Waals surface area contributed by atoms with Crippen LogP contribution >= 0.6 is 0 Å². The smallest absolute Gasteiger partial charge is 0.275 e. The van der Waals surface area contributed by atoms with E-state index in [0.717, 1.165) is 17.5 Å². The van der Waals surface area contributed by atoms with Crippen LogP contribution in [0.3, 0.4) is 0 Å². The van der Waals surface area contributed by atoms with Crippen LogP contribution in [-0.4, -0.2) is 20.9 Å². The molecule has 0 saturated carbocycles. The molecule has 24 heavy (non-hydrogen) atoms. The Morgan fingerprint density at radius 3 is 2.58 bits per heavy atom. The summed E-state index contributed by atoms with van der Waals surface area (Å²) in [5, 5.41) is 2.96. The summed E-state index contributed by atoms with van der Waals surface area (Å²) in [6, 6.07) is 11.8. The Hall–Kier alpha value is -2.56. The number of nitrogens with one attached hydrogen (secondary N) is 1. The number of carbonyl (C=O) groups is 1. The second-order valence-corrected chi connectivity index (χ2v) is 6.19. The monoisotopic (exact) mass is 325 g/mol. The molecule has 3 aromatic rings. The minimum Gasteiger partial charge on any atom is -0.354 e. The molecule has 2 heterocycles. The maximum absolute atomic E-state index is 12.7. The summed E-state index contributed by atoms with van der Waals surface area (Å²) in [6.07, 6.45) is 3.89. The fourth-order valence-corrected chi connectivity index (χ4v) is 2.98. The number of amides is 1. The summed E-state index contributed by atoms with van der Waals surface area (Å²) in [4.78, 5) is 24.7. The van der Waals surface area contributed by atoms with E-state index in [1.165, 1.54) is 0 Å². The lowest BCUT2D eigenvalue weighted by molar-refractivity contribution is -0.121. The zero-order valence-electron chi connectivity index (χ0n) is 14.2. The van der Waals surface area contributed by atoms with Gasteiger partial charge in [-0.1, -0.05) is 19.1 Å². The minimum atomic E-state index is -0.0129. The number of rotatable bonds is 6. The number of aryl methyl sites for hydroxylation is 1. The van der Waals surface area contributed by atoms with Crippen LogP contribution in [0.4, 0.5) is 0 Å². The topological polar surface area (TPSA) is 55.5 Å². The van der Waals surface area contributed by atoms with Gasteiger partial charge in [-0.15, -0.1) is 0 Å². The highest BCUT2D eigenvalue weighted by Crippen LogP contribution is 2.15. The lowest BCUT2D eigenvalue weighted by atomic mass is 10.2. The van der Waals surface area contributed by atoms with Crippen molar-refractivity contribution in [3.8, 4) is 0 Å². The molecule has 3 rings (SSSR count). The third kappa shape index (κ3) is 3.07. The average molecular weight is 325 g/mol. The van der Waals surface area contributed by atoms with Crippen molar-refractivity contribution < 1.29 is 4.79 Å². The summed E-state index contributed by atoms with van der Waals surface area (Å²) in [5.74, 6) is 0.0467. The summed E-state index contributed by atoms with van der Waals surface area (Å²) in [6.45, 7) is 4.58. The van der Waals surface area contributed by atoms with Crippen molar-refractivity contribution >= 4 is 22.5 Å². The van der Waals surface area contributed by atoms with E-state index in [1.807, 2.05) is 60.8 Å². The van der Waals surface area contributed by atoms with Crippen molar-refractivity contribution in [1.82, 2.24) is 14.3 Å². The van der Waals surface area contributed by atoms with E-state index in [-0.39, 0.29) is 17.5 Å². The van der Waals surface area contributed by atoms with E-state index in [1.54, 1.807) is 4.57 Å². The van der Waals surface area contributed by atoms with Crippen LogP contribution in [0.15, 0.2) is 47.4 Å². The SMILES string of the molecule is CC[C@H](C)NC(=O)CCCn1c(=O)c2cccn2c2ccccc21. The quantitative estimate of drug-likeness (QED) is 0.757. The summed E-state index contributed by atoms with van der Waals surface area (Å²) < 4.78 is 3.70. The van der Waals surface area contributed by atoms with Gasteiger partial charge in [0.2, 0.25) is 5.91 Å². The molecule has 1 amide bonds. The molecule has 0 fully saturated rings. The van der Waals surface area contributed by atoms with Crippen molar-refractivity contribution in [2.45, 2.75) is 45.7 Å². The molecule has 126 valence electrons. The average Bonchev–Trinajstić information content (AvgIpc) is 3.08. The van der Waals surface area contributed by atoms with E-state index >= 15 is 0 Å². The van der Waals surface area contributed by atoms with Gasteiger partial charge in [0.25, 0.3) is 5.56 Å². The number of hydrogen-bond acceptors (Lipinski definition) is 2. The molecule has 2 aromatic heterocycles. The summed E-state index contributed by atoms with van der Waals surface area (Å²) in [5.41, 5.74) is 2.55. The summed E-state index contributed by atoms with van der Waals surface area (Å²) in [7, 11) is 0. The second kappa shape index (κ2) is 6.91. The van der Waals surface area contributed by atoms with Gasteiger partial charge in [-0.3, -0.25) is 9.59 Å². The van der Waals surface area contributed by atoms with Gasteiger partial charge in [0.1, 0.15) is 5.52 Å². The van der Waals surface area contributed by atoms with Crippen molar-refractivity contribution in [2.24, 2.45) is 0 Å². The van der Waals surface area contributed by atoms with Gasteiger partial charge >= 0.3 is 0 Å². The highest BCUT2D eigenvalue weighted by Gasteiger charge is 2.11. The molecule has 0 aliphatic heterocycles. The van der Waals surface area contributed by atoms with Crippen LogP contribution in [0, 0.1) is 0 Å². The number of nitrogens with zero attached hydrogens (tertiary/aromatic N) is 2. The van der Waals surface area contributed by atoms with Gasteiger partial charge in [-0.05, 0) is 44.0 Å². The second-order valence-electron chi connectivity index (χ2n) is 6.19. The Morgan fingerprint density at radius 2 is 1.83 bits per heavy atom. The van der Waals surface area contributed by atoms with Gasteiger partial charge in [0.15, 0.2) is 0 Å². The molecule has 0 bridgehead atoms. The molecule has 0 unspecified atom stereocenters. The van der Waals surface area contributed by atoms with Gasteiger partial charge in [0, 0.05) is 25.2 Å². The number of aromatic nitrogens is 2. The highest BCUT2D eigenvalue weighted by molar-refractivity contribution is 5.79. The van der Waals surface area contributed by atoms with Crippen LogP contribution in [0.2, 0.25) is 0 Å². The molecule has 0 aliphatic rings. The third-order valence-electron chi connectivity index (χ3n) is 4.45. The van der Waals surface area contributed by atoms with Crippen molar-refractivity contribution in [2.75, 3.05) is 0 Å². The zero-order valence-corrected chi connectivity index (χ0v) is 14.2. The number of para-hydroxylation sites is 2. The minimum absolute atomic E-state index is 0.0129. The molecular formula is C19H23N3O2. The van der Waals surface area contributed by atoms with Gasteiger partial charge in [-0.25, -0.2) is 0 Å². The lowest BCUT2D eigenvalue weighted by Gasteiger charge is -2.14. The van der Waals surface area contributed by atoms with Gasteiger partial charge in [-0.2, -0.15) is 0 Å². The fraction of sp³-hybridized carbons (Fsp3) is 0.368. The van der Waals surface area contributed by atoms with Crippen LogP contribution in [0.25, 0.3) is 16.6 Å². The summed E-state index contributed by atoms with van der Waals surface area (Å²) >= 11 is 0. The van der Waals surface area contributed by atoms with Crippen LogP contribution < -0.4 is 10.9 Å². The number of benzene rings is 1. The molecule has 1 N–H and O–H groups in total. The molecule has 5 nitrogen and oxygen atoms in total. The first kappa shape index (κ1) is 16.3. The Bertz CT molecular complexity index is 923. The maximum Gasteiger partial charge on any atom is 0.275 e. The molecule has 0 saturated heterocycles. The number of fused-ring (bicyclic) bond motifs is 3. The molecule has 0 aliphatic carbocycles. The molecule has 0 radical (unpaired) electrons. The maximum atomic E-state index is 12.7. The Kier molecular flexibility index (Phi) is 4.69. The van der Waals surface area contributed by atoms with E-state index in [0.29, 0.717) is 24.9 Å². The molecular weight excluding hydrogens is 302 g/mol. The number of carbonyl (C=O) groups excluding carboxylic acids is 1. The lowest BCUT2D eigenvalue weighted by Crippen LogP contribution is -2.32. The fourth-order valence-electron chi connectivity index (χ4n) is 2.98. The Morgan fingerprint density at radius 1 is 1.12 bits per heavy atom. The van der Waals surface area contributed by atoms with Crippen molar-refractivity contribution in [3.63, 3.8) is 0 Å². The van der Waals surface area contributed by atoms with Crippen LogP contribution in [-0.2, 0) is 11.3 Å². The van der Waals surface area contributed by atoms with Crippen LogP contribution in [0.1, 0.15) is 33.1 Å². The predicted molar refractivity (Wildman–Crippen MR) is 96.3 cm³/mol. The highest BCUT2D eigenvalue weighted by atomic mass is 16.1. The standard InChI is InChI=1S/C19H23N3O2/c1-3-14(2)20-18(23)11-7-13-22-16-9-5-4-8-15(16)21-12-6-10-17(21)19(22)24/h4-6,8-10,12,14H,3,7,11,13H2,1-2H3,(H,20,23)/t14-/m0/s1. The van der Waals surface area contributed by atoms with Gasteiger partial charge < -0.3 is 14.3 Å². The molecule has 1 aromatic carbocycles. The Balaban J connectivity index is 1.85. The first-order chi connectivity index (χ1) is 11.6. The van der Waals surface area contributed by atoms with Crippen molar-refractivity contribution in [3.05, 3.63) is 52.9 Å². The van der Waals surface area contributed by atoms with Gasteiger partial charge in [0.05, 0.1) is 11.0 Å². The molecule has 0 spiro atoms. The van der Waals surface area contributed by atoms with E-state index in [4.69, 9.17) is 0 Å². The molecule has 5 heteroatoms. The van der Waals surface area contributed by atoms with E-state index in [2.05, 4.69) is 5.32 Å². The predicted octanol–water partition coefficient (Wildman–Crippen LogP) is 2.95. The molecule has 1 atom stereocenters. The van der Waals surface area contributed by atoms with Crippen molar-refractivity contribution in [1.29, 1.82) is 0 Å². The normalized spacial score (nSPS) is 12.6. The largest absolute Gasteiger partial charge is 0.354 e. The zero-order chi connectivity index (χ0) is 17.1.